The first-order chi connectivity index (χ1) is 8.37. The van der Waals surface area contributed by atoms with Crippen LogP contribution in [0.15, 0.2) is 28.9 Å². The fourth-order valence-electron chi connectivity index (χ4n) is 1.57. The molecule has 0 unspecified atom stereocenters. The molecule has 0 aliphatic rings. The summed E-state index contributed by atoms with van der Waals surface area (Å²) in [6.45, 7) is 0.281. The number of nitrogens with zero attached hydrogens (tertiary/aromatic N) is 2. The molecule has 0 saturated heterocycles. The summed E-state index contributed by atoms with van der Waals surface area (Å²) in [4.78, 5) is 0. The minimum Gasteiger partial charge on any atom is -0.253 e. The van der Waals surface area contributed by atoms with E-state index in [9.17, 15) is 8.42 Å². The van der Waals surface area contributed by atoms with Crippen molar-refractivity contribution in [2.75, 3.05) is 12.0 Å². The summed E-state index contributed by atoms with van der Waals surface area (Å²) in [5.41, 5.74) is 0. The molecule has 1 aromatic carbocycles. The monoisotopic (exact) mass is 346 g/mol. The lowest BCUT2D eigenvalue weighted by Crippen LogP contribution is -2.14. The summed E-state index contributed by atoms with van der Waals surface area (Å²) in [5.74, 6) is 0.0380. The fraction of sp³-hybridized carbons (Fsp3) is 0.273. The van der Waals surface area contributed by atoms with Crippen LogP contribution in [0.2, 0.25) is 0 Å². The first-order valence-corrected chi connectivity index (χ1v) is 8.46. The number of hydrogen-bond acceptors (Lipinski definition) is 4. The number of aryl methyl sites for hydroxylation is 1. The smallest absolute Gasteiger partial charge is 0.149 e. The van der Waals surface area contributed by atoms with E-state index in [0.29, 0.717) is 4.64 Å². The summed E-state index contributed by atoms with van der Waals surface area (Å²) in [7, 11) is -3.01. The quantitative estimate of drug-likeness (QED) is 0.801. The highest BCUT2D eigenvalue weighted by Crippen LogP contribution is 2.19. The van der Waals surface area contributed by atoms with Gasteiger partial charge >= 0.3 is 0 Å². The Balaban J connectivity index is 2.46. The predicted molar refractivity (Wildman–Crippen MR) is 78.0 cm³/mol. The van der Waals surface area contributed by atoms with Gasteiger partial charge in [-0.3, -0.25) is 4.68 Å². The highest BCUT2D eigenvalue weighted by atomic mass is 79.9. The van der Waals surface area contributed by atoms with Gasteiger partial charge in [0, 0.05) is 21.5 Å². The number of hydrogen-bond donors (Lipinski definition) is 0. The van der Waals surface area contributed by atoms with Gasteiger partial charge in [0.05, 0.1) is 18.5 Å². The van der Waals surface area contributed by atoms with Crippen molar-refractivity contribution in [3.63, 3.8) is 0 Å². The number of sulfone groups is 1. The molecule has 0 bridgehead atoms. The highest BCUT2D eigenvalue weighted by molar-refractivity contribution is 9.10. The summed E-state index contributed by atoms with van der Waals surface area (Å²) in [6.07, 6.45) is 2.90. The minimum atomic E-state index is -3.01. The van der Waals surface area contributed by atoms with Crippen LogP contribution in [0.4, 0.5) is 0 Å². The molecule has 1 aromatic heterocycles. The van der Waals surface area contributed by atoms with Crippen molar-refractivity contribution < 1.29 is 8.42 Å². The highest BCUT2D eigenvalue weighted by Gasteiger charge is 2.05. The standard InChI is InChI=1S/C11H11BrN2O2S2/c1-18(15,16)5-4-14-11(17)10-3-2-9(12)6-8(10)7-13-14/h2-3,6-7H,4-5H2,1H3. The molecule has 0 amide bonds. The molecule has 0 N–H and O–H groups in total. The SMILES string of the molecule is CS(=O)(=O)CCn1ncc2cc(Br)ccc2c1=S. The van der Waals surface area contributed by atoms with E-state index in [1.807, 2.05) is 18.2 Å². The zero-order valence-electron chi connectivity index (χ0n) is 9.63. The molecule has 4 nitrogen and oxygen atoms in total. The number of benzene rings is 1. The molecule has 18 heavy (non-hydrogen) atoms. The molecule has 96 valence electrons. The molecular weight excluding hydrogens is 336 g/mol. The average Bonchev–Trinajstić information content (AvgIpc) is 2.26. The normalized spacial score (nSPS) is 11.9. The third-order valence-corrected chi connectivity index (χ3v) is 4.34. The molecule has 0 radical (unpaired) electrons. The maximum absolute atomic E-state index is 11.1. The molecule has 0 atom stereocenters. The second kappa shape index (κ2) is 5.07. The number of aromatic nitrogens is 2. The molecule has 7 heteroatoms. The van der Waals surface area contributed by atoms with E-state index in [0.717, 1.165) is 15.2 Å². The Hall–Kier alpha value is -0.790. The van der Waals surface area contributed by atoms with E-state index in [-0.39, 0.29) is 12.3 Å². The van der Waals surface area contributed by atoms with Gasteiger partial charge in [0.1, 0.15) is 14.5 Å². The van der Waals surface area contributed by atoms with Gasteiger partial charge < -0.3 is 0 Å². The molecular formula is C11H11BrN2O2S2. The molecule has 0 aliphatic carbocycles. The summed E-state index contributed by atoms with van der Waals surface area (Å²) in [5, 5.41) is 6.01. The van der Waals surface area contributed by atoms with E-state index in [2.05, 4.69) is 21.0 Å². The Morgan fingerprint density at radius 2 is 2.17 bits per heavy atom. The van der Waals surface area contributed by atoms with Gasteiger partial charge in [-0.1, -0.05) is 34.2 Å². The zero-order valence-corrected chi connectivity index (χ0v) is 12.8. The number of halogens is 1. The lowest BCUT2D eigenvalue weighted by molar-refractivity contribution is 0.581. The second-order valence-electron chi connectivity index (χ2n) is 4.03. The molecule has 1 heterocycles. The third kappa shape index (κ3) is 3.15. The van der Waals surface area contributed by atoms with Crippen molar-refractivity contribution in [2.45, 2.75) is 6.54 Å². The molecule has 2 rings (SSSR count). The molecule has 2 aromatic rings. The maximum Gasteiger partial charge on any atom is 0.149 e. The van der Waals surface area contributed by atoms with Gasteiger partial charge in [-0.2, -0.15) is 5.10 Å². The van der Waals surface area contributed by atoms with Crippen molar-refractivity contribution in [3.8, 4) is 0 Å². The third-order valence-electron chi connectivity index (χ3n) is 2.49. The molecule has 0 saturated carbocycles. The van der Waals surface area contributed by atoms with Crippen molar-refractivity contribution in [2.24, 2.45) is 0 Å². The number of rotatable bonds is 3. The topological polar surface area (TPSA) is 52.0 Å². The van der Waals surface area contributed by atoms with Crippen LogP contribution < -0.4 is 0 Å². The van der Waals surface area contributed by atoms with Crippen LogP contribution in [0.5, 0.6) is 0 Å². The van der Waals surface area contributed by atoms with Crippen LogP contribution in [0, 0.1) is 4.64 Å². The predicted octanol–water partition coefficient (Wildman–Crippen LogP) is 2.57. The van der Waals surface area contributed by atoms with Crippen LogP contribution in [0.1, 0.15) is 0 Å². The minimum absolute atomic E-state index is 0.0380. The Kier molecular flexibility index (Phi) is 3.84. The van der Waals surface area contributed by atoms with Crippen molar-refractivity contribution in [1.82, 2.24) is 9.78 Å². The fourth-order valence-corrected chi connectivity index (χ4v) is 2.78. The van der Waals surface area contributed by atoms with Gasteiger partial charge in [0.25, 0.3) is 0 Å². The Bertz CT molecular complexity index is 753. The van der Waals surface area contributed by atoms with Crippen LogP contribution in [0.25, 0.3) is 10.8 Å². The molecule has 0 fully saturated rings. The van der Waals surface area contributed by atoms with Gasteiger partial charge in [0.2, 0.25) is 0 Å². The van der Waals surface area contributed by atoms with E-state index >= 15 is 0 Å². The largest absolute Gasteiger partial charge is 0.253 e. The van der Waals surface area contributed by atoms with Crippen LogP contribution in [0.3, 0.4) is 0 Å². The second-order valence-corrected chi connectivity index (χ2v) is 7.60. The van der Waals surface area contributed by atoms with Crippen molar-refractivity contribution >= 4 is 48.8 Å². The van der Waals surface area contributed by atoms with Gasteiger partial charge in [-0.05, 0) is 12.1 Å². The summed E-state index contributed by atoms with van der Waals surface area (Å²) in [6, 6.07) is 5.73. The Labute approximate surface area is 119 Å². The lowest BCUT2D eigenvalue weighted by atomic mass is 10.2. The summed E-state index contributed by atoms with van der Waals surface area (Å²) < 4.78 is 25.4. The van der Waals surface area contributed by atoms with E-state index in [1.54, 1.807) is 10.9 Å². The summed E-state index contributed by atoms with van der Waals surface area (Å²) >= 11 is 8.70. The van der Waals surface area contributed by atoms with Crippen LogP contribution in [-0.4, -0.2) is 30.2 Å². The van der Waals surface area contributed by atoms with E-state index in [4.69, 9.17) is 12.2 Å². The molecule has 0 aliphatic heterocycles. The van der Waals surface area contributed by atoms with Gasteiger partial charge in [-0.15, -0.1) is 0 Å². The molecule has 0 spiro atoms. The van der Waals surface area contributed by atoms with E-state index in [1.165, 1.54) is 6.26 Å². The van der Waals surface area contributed by atoms with Gasteiger partial charge in [-0.25, -0.2) is 8.42 Å². The first kappa shape index (κ1) is 13.6. The number of fused-ring (bicyclic) bond motifs is 1. The Morgan fingerprint density at radius 3 is 2.83 bits per heavy atom. The Morgan fingerprint density at radius 1 is 1.44 bits per heavy atom. The maximum atomic E-state index is 11.1. The first-order valence-electron chi connectivity index (χ1n) is 5.20. The van der Waals surface area contributed by atoms with Crippen LogP contribution >= 0.6 is 28.1 Å². The van der Waals surface area contributed by atoms with Crippen molar-refractivity contribution in [3.05, 3.63) is 33.5 Å². The average molecular weight is 347 g/mol. The van der Waals surface area contributed by atoms with Gasteiger partial charge in [0.15, 0.2) is 0 Å². The lowest BCUT2D eigenvalue weighted by Gasteiger charge is -2.07. The zero-order chi connectivity index (χ0) is 13.3. The van der Waals surface area contributed by atoms with Crippen LogP contribution in [-0.2, 0) is 16.4 Å². The van der Waals surface area contributed by atoms with Crippen molar-refractivity contribution in [1.29, 1.82) is 0 Å². The van der Waals surface area contributed by atoms with E-state index < -0.39 is 9.84 Å².